The molecule has 1 aliphatic rings. The molecule has 1 saturated carbocycles. The highest BCUT2D eigenvalue weighted by molar-refractivity contribution is 5.81. The van der Waals surface area contributed by atoms with E-state index in [0.29, 0.717) is 6.54 Å². The molecule has 20 heavy (non-hydrogen) atoms. The number of benzene rings is 1. The molecule has 0 heterocycles. The van der Waals surface area contributed by atoms with Crippen LogP contribution in [0.1, 0.15) is 36.8 Å². The topological polar surface area (TPSA) is 49.8 Å². The van der Waals surface area contributed by atoms with Gasteiger partial charge in [-0.25, -0.2) is 0 Å². The molecular formula is C16H23NO3. The highest BCUT2D eigenvalue weighted by Crippen LogP contribution is 2.36. The monoisotopic (exact) mass is 277 g/mol. The van der Waals surface area contributed by atoms with Gasteiger partial charge in [0.15, 0.2) is 0 Å². The van der Waals surface area contributed by atoms with E-state index in [1.54, 1.807) is 0 Å². The Morgan fingerprint density at radius 2 is 1.80 bits per heavy atom. The lowest BCUT2D eigenvalue weighted by molar-refractivity contribution is -0.154. The van der Waals surface area contributed by atoms with Crippen molar-refractivity contribution in [2.75, 3.05) is 14.2 Å². The van der Waals surface area contributed by atoms with Gasteiger partial charge in [-0.15, -0.1) is 0 Å². The van der Waals surface area contributed by atoms with Crippen molar-refractivity contribution in [1.29, 1.82) is 0 Å². The maximum Gasteiger partial charge on any atom is 0.326 e. The van der Waals surface area contributed by atoms with Crippen LogP contribution in [0.3, 0.4) is 0 Å². The summed E-state index contributed by atoms with van der Waals surface area (Å²) >= 11 is 0. The van der Waals surface area contributed by atoms with Gasteiger partial charge in [-0.05, 0) is 31.0 Å². The van der Waals surface area contributed by atoms with E-state index in [1.807, 2.05) is 31.3 Å². The summed E-state index contributed by atoms with van der Waals surface area (Å²) in [7, 11) is 3.45. The van der Waals surface area contributed by atoms with Crippen LogP contribution in [0.5, 0.6) is 0 Å². The Kier molecular flexibility index (Phi) is 4.78. The van der Waals surface area contributed by atoms with Gasteiger partial charge < -0.3 is 9.84 Å². The summed E-state index contributed by atoms with van der Waals surface area (Å²) in [6.07, 6.45) is 3.88. The number of likely N-dealkylation sites (N-methyl/N-ethyl adjacent to an activating group) is 1. The van der Waals surface area contributed by atoms with Crippen molar-refractivity contribution in [2.24, 2.45) is 0 Å². The molecule has 0 amide bonds. The predicted molar refractivity (Wildman–Crippen MR) is 77.0 cm³/mol. The van der Waals surface area contributed by atoms with Crippen LogP contribution in [0.25, 0.3) is 0 Å². The zero-order chi connectivity index (χ0) is 14.6. The Balaban J connectivity index is 2.12. The number of nitrogens with zero attached hydrogens (tertiary/aromatic N) is 1. The Morgan fingerprint density at radius 1 is 1.25 bits per heavy atom. The molecule has 1 fully saturated rings. The van der Waals surface area contributed by atoms with Gasteiger partial charge in [-0.2, -0.15) is 0 Å². The number of hydrogen-bond donors (Lipinski definition) is 1. The first-order chi connectivity index (χ1) is 9.62. The lowest BCUT2D eigenvalue weighted by atomic mass is 9.95. The summed E-state index contributed by atoms with van der Waals surface area (Å²) in [5, 5.41) is 9.06. The zero-order valence-corrected chi connectivity index (χ0v) is 12.3. The molecule has 1 aliphatic carbocycles. The van der Waals surface area contributed by atoms with E-state index < -0.39 is 5.54 Å². The number of methoxy groups -OCH3 is 1. The second-order valence-electron chi connectivity index (χ2n) is 5.56. The van der Waals surface area contributed by atoms with Crippen LogP contribution in [-0.4, -0.2) is 35.7 Å². The van der Waals surface area contributed by atoms with E-state index in [9.17, 15) is 4.79 Å². The Morgan fingerprint density at radius 3 is 2.30 bits per heavy atom. The van der Waals surface area contributed by atoms with Gasteiger partial charge in [-0.3, -0.25) is 9.69 Å². The number of hydrogen-bond acceptors (Lipinski definition) is 4. The molecule has 0 spiro atoms. The summed E-state index contributed by atoms with van der Waals surface area (Å²) in [5.41, 5.74) is 1.57. The summed E-state index contributed by atoms with van der Waals surface area (Å²) < 4.78 is 5.02. The molecule has 2 rings (SSSR count). The fourth-order valence-corrected chi connectivity index (χ4v) is 3.07. The van der Waals surface area contributed by atoms with Crippen LogP contribution in [0, 0.1) is 0 Å². The number of rotatable bonds is 5. The summed E-state index contributed by atoms with van der Waals surface area (Å²) in [6.45, 7) is 0.767. The predicted octanol–water partition coefficient (Wildman–Crippen LogP) is 2.10. The van der Waals surface area contributed by atoms with Crippen molar-refractivity contribution < 1.29 is 14.6 Å². The second kappa shape index (κ2) is 6.37. The Labute approximate surface area is 120 Å². The number of aliphatic hydroxyl groups is 1. The summed E-state index contributed by atoms with van der Waals surface area (Å²) in [4.78, 5) is 14.3. The number of ether oxygens (including phenoxy) is 1. The summed E-state index contributed by atoms with van der Waals surface area (Å²) in [5.74, 6) is -0.121. The lowest BCUT2D eigenvalue weighted by Crippen LogP contribution is -2.51. The maximum atomic E-state index is 12.2. The first kappa shape index (κ1) is 15.0. The molecule has 0 aliphatic heterocycles. The highest BCUT2D eigenvalue weighted by atomic mass is 16.5. The van der Waals surface area contributed by atoms with E-state index >= 15 is 0 Å². The maximum absolute atomic E-state index is 12.2. The lowest BCUT2D eigenvalue weighted by Gasteiger charge is -2.36. The molecule has 0 aromatic heterocycles. The van der Waals surface area contributed by atoms with Gasteiger partial charge in [0, 0.05) is 6.54 Å². The highest BCUT2D eigenvalue weighted by Gasteiger charge is 2.45. The molecule has 1 N–H and O–H groups in total. The van der Waals surface area contributed by atoms with E-state index in [0.717, 1.165) is 36.8 Å². The fourth-order valence-electron chi connectivity index (χ4n) is 3.07. The van der Waals surface area contributed by atoms with Crippen LogP contribution in [0.15, 0.2) is 24.3 Å². The van der Waals surface area contributed by atoms with E-state index in [2.05, 4.69) is 4.90 Å². The molecule has 4 nitrogen and oxygen atoms in total. The van der Waals surface area contributed by atoms with Crippen LogP contribution < -0.4 is 0 Å². The van der Waals surface area contributed by atoms with Crippen LogP contribution >= 0.6 is 0 Å². The standard InChI is InChI=1S/C16H23NO3/c1-17(11-13-5-7-14(12-18)8-6-13)16(15(19)20-2)9-3-4-10-16/h5-8,18H,3-4,9-12H2,1-2H3. The second-order valence-corrected chi connectivity index (χ2v) is 5.56. The molecule has 0 bridgehead atoms. The normalized spacial score (nSPS) is 17.4. The van der Waals surface area contributed by atoms with E-state index in [4.69, 9.17) is 9.84 Å². The van der Waals surface area contributed by atoms with Crippen molar-refractivity contribution in [1.82, 2.24) is 4.90 Å². The van der Waals surface area contributed by atoms with Gasteiger partial charge in [-0.1, -0.05) is 37.1 Å². The average Bonchev–Trinajstić information content (AvgIpc) is 2.98. The van der Waals surface area contributed by atoms with Crippen LogP contribution in [0.4, 0.5) is 0 Å². The van der Waals surface area contributed by atoms with Gasteiger partial charge in [0.05, 0.1) is 13.7 Å². The number of carbonyl (C=O) groups is 1. The molecule has 110 valence electrons. The Bertz CT molecular complexity index is 449. The molecule has 0 atom stereocenters. The summed E-state index contributed by atoms with van der Waals surface area (Å²) in [6, 6.07) is 7.84. The number of esters is 1. The third kappa shape index (κ3) is 2.86. The third-order valence-electron chi connectivity index (χ3n) is 4.35. The number of carbonyl (C=O) groups excluding carboxylic acids is 1. The molecular weight excluding hydrogens is 254 g/mol. The van der Waals surface area contributed by atoms with Gasteiger partial charge >= 0.3 is 5.97 Å². The van der Waals surface area contributed by atoms with Crippen LogP contribution in [0.2, 0.25) is 0 Å². The molecule has 0 saturated heterocycles. The molecule has 4 heteroatoms. The zero-order valence-electron chi connectivity index (χ0n) is 12.3. The van der Waals surface area contributed by atoms with Crippen molar-refractivity contribution in [2.45, 2.75) is 44.4 Å². The fraction of sp³-hybridized carbons (Fsp3) is 0.562. The van der Waals surface area contributed by atoms with Crippen molar-refractivity contribution >= 4 is 5.97 Å². The first-order valence-electron chi connectivity index (χ1n) is 7.11. The SMILES string of the molecule is COC(=O)C1(N(C)Cc2ccc(CO)cc2)CCCC1. The van der Waals surface area contributed by atoms with Gasteiger partial charge in [0.2, 0.25) is 0 Å². The van der Waals surface area contributed by atoms with Crippen LogP contribution in [-0.2, 0) is 22.7 Å². The molecule has 0 unspecified atom stereocenters. The van der Waals surface area contributed by atoms with Crippen molar-refractivity contribution in [3.63, 3.8) is 0 Å². The van der Waals surface area contributed by atoms with Crippen molar-refractivity contribution in [3.05, 3.63) is 35.4 Å². The van der Waals surface area contributed by atoms with Crippen molar-refractivity contribution in [3.8, 4) is 0 Å². The molecule has 1 aromatic carbocycles. The third-order valence-corrected chi connectivity index (χ3v) is 4.35. The van der Waals surface area contributed by atoms with Gasteiger partial charge in [0.1, 0.15) is 5.54 Å². The van der Waals surface area contributed by atoms with Gasteiger partial charge in [0.25, 0.3) is 0 Å². The van der Waals surface area contributed by atoms with E-state index in [-0.39, 0.29) is 12.6 Å². The first-order valence-corrected chi connectivity index (χ1v) is 7.11. The minimum absolute atomic E-state index is 0.0578. The largest absolute Gasteiger partial charge is 0.468 e. The quantitative estimate of drug-likeness (QED) is 0.837. The Hall–Kier alpha value is -1.39. The molecule has 1 aromatic rings. The number of aliphatic hydroxyl groups excluding tert-OH is 1. The van der Waals surface area contributed by atoms with E-state index in [1.165, 1.54) is 7.11 Å². The molecule has 0 radical (unpaired) electrons. The average molecular weight is 277 g/mol. The minimum Gasteiger partial charge on any atom is -0.468 e. The minimum atomic E-state index is -0.468. The smallest absolute Gasteiger partial charge is 0.326 e.